The van der Waals surface area contributed by atoms with Gasteiger partial charge in [0.15, 0.2) is 0 Å². The molecule has 3 heterocycles. The largest absolute Gasteiger partial charge is 0.433 e. The molecule has 0 atom stereocenters. The number of aryl methyl sites for hydroxylation is 2. The summed E-state index contributed by atoms with van der Waals surface area (Å²) in [6, 6.07) is 9.29. The van der Waals surface area contributed by atoms with Crippen LogP contribution < -0.4 is 11.1 Å². The Morgan fingerprint density at radius 2 is 1.85 bits per heavy atom. The third-order valence-electron chi connectivity index (χ3n) is 5.41. The lowest BCUT2D eigenvalue weighted by atomic mass is 10.0. The van der Waals surface area contributed by atoms with E-state index in [4.69, 9.17) is 5.73 Å². The molecular weight excluding hydrogens is 467 g/mol. The van der Waals surface area contributed by atoms with Crippen LogP contribution in [0.15, 0.2) is 36.4 Å². The van der Waals surface area contributed by atoms with Gasteiger partial charge < -0.3 is 11.1 Å². The van der Waals surface area contributed by atoms with Crippen molar-refractivity contribution in [1.82, 2.24) is 14.8 Å². The number of nitrogens with two attached hydrogens (primary N) is 1. The molecule has 3 N–H and O–H groups in total. The van der Waals surface area contributed by atoms with Crippen molar-refractivity contribution in [2.45, 2.75) is 33.5 Å². The van der Waals surface area contributed by atoms with E-state index in [1.54, 1.807) is 48.9 Å². The van der Waals surface area contributed by atoms with Crippen LogP contribution in [0.25, 0.3) is 21.3 Å². The van der Waals surface area contributed by atoms with Gasteiger partial charge in [-0.15, -0.1) is 11.3 Å². The van der Waals surface area contributed by atoms with Gasteiger partial charge in [0.25, 0.3) is 11.8 Å². The van der Waals surface area contributed by atoms with Gasteiger partial charge in [-0.2, -0.15) is 18.3 Å². The van der Waals surface area contributed by atoms with Crippen LogP contribution in [0.2, 0.25) is 0 Å². The Labute approximate surface area is 196 Å². The molecule has 0 fully saturated rings. The molecule has 0 saturated heterocycles. The predicted molar refractivity (Wildman–Crippen MR) is 124 cm³/mol. The van der Waals surface area contributed by atoms with E-state index in [1.807, 2.05) is 6.92 Å². The van der Waals surface area contributed by atoms with Gasteiger partial charge in [-0.3, -0.25) is 14.3 Å². The van der Waals surface area contributed by atoms with Gasteiger partial charge in [0, 0.05) is 17.6 Å². The summed E-state index contributed by atoms with van der Waals surface area (Å²) in [7, 11) is 0. The van der Waals surface area contributed by atoms with Gasteiger partial charge in [0.05, 0.1) is 16.9 Å². The molecule has 1 aromatic carbocycles. The van der Waals surface area contributed by atoms with E-state index in [1.165, 1.54) is 0 Å². The predicted octanol–water partition coefficient (Wildman–Crippen LogP) is 5.17. The fraction of sp³-hybridized carbons (Fsp3) is 0.217. The summed E-state index contributed by atoms with van der Waals surface area (Å²) in [5.41, 5.74) is 6.54. The lowest BCUT2D eigenvalue weighted by Crippen LogP contribution is -2.18. The molecule has 3 aromatic heterocycles. The number of pyridine rings is 1. The molecule has 0 radical (unpaired) electrons. The first kappa shape index (κ1) is 23.4. The first-order valence-corrected chi connectivity index (χ1v) is 11.1. The summed E-state index contributed by atoms with van der Waals surface area (Å²) < 4.78 is 42.5. The minimum Gasteiger partial charge on any atom is -0.365 e. The van der Waals surface area contributed by atoms with Crippen LogP contribution in [0.1, 0.15) is 44.0 Å². The first-order valence-electron chi connectivity index (χ1n) is 10.3. The van der Waals surface area contributed by atoms with Gasteiger partial charge in [-0.05, 0) is 38.0 Å². The summed E-state index contributed by atoms with van der Waals surface area (Å²) in [6.45, 7) is 5.86. The van der Waals surface area contributed by atoms with E-state index in [-0.39, 0.29) is 26.3 Å². The van der Waals surface area contributed by atoms with E-state index < -0.39 is 23.7 Å². The number of hydrogen-bond donors (Lipinski definition) is 2. The summed E-state index contributed by atoms with van der Waals surface area (Å²) >= 11 is 0.705. The Morgan fingerprint density at radius 3 is 2.41 bits per heavy atom. The maximum atomic E-state index is 13.6. The van der Waals surface area contributed by atoms with Crippen LogP contribution in [0, 0.1) is 13.8 Å². The Morgan fingerprint density at radius 1 is 1.18 bits per heavy atom. The number of anilines is 1. The topological polar surface area (TPSA) is 103 Å². The van der Waals surface area contributed by atoms with Crippen molar-refractivity contribution in [3.05, 3.63) is 63.9 Å². The third-order valence-corrected chi connectivity index (χ3v) is 6.51. The molecule has 0 unspecified atom stereocenters. The fourth-order valence-corrected chi connectivity index (χ4v) is 4.90. The second kappa shape index (κ2) is 8.56. The van der Waals surface area contributed by atoms with Crippen molar-refractivity contribution < 1.29 is 22.8 Å². The number of aromatic nitrogens is 3. The zero-order chi connectivity index (χ0) is 24.8. The quantitative estimate of drug-likeness (QED) is 0.406. The lowest BCUT2D eigenvalue weighted by molar-refractivity contribution is -0.140. The minimum absolute atomic E-state index is 0.0284. The molecule has 0 spiro atoms. The van der Waals surface area contributed by atoms with Gasteiger partial charge >= 0.3 is 6.18 Å². The molecule has 0 saturated carbocycles. The zero-order valence-electron chi connectivity index (χ0n) is 18.4. The highest BCUT2D eigenvalue weighted by molar-refractivity contribution is 7.21. The molecule has 4 aromatic rings. The van der Waals surface area contributed by atoms with Gasteiger partial charge in [-0.25, -0.2) is 4.98 Å². The molecule has 34 heavy (non-hydrogen) atoms. The van der Waals surface area contributed by atoms with Gasteiger partial charge in [0.1, 0.15) is 15.4 Å². The highest BCUT2D eigenvalue weighted by Crippen LogP contribution is 2.43. The number of rotatable bonds is 5. The molecule has 0 aliphatic heterocycles. The molecule has 0 aliphatic rings. The molecule has 4 rings (SSSR count). The Kier molecular flexibility index (Phi) is 5.90. The number of carbonyl (C=O) groups is 2. The number of nitrogens with one attached hydrogen (secondary N) is 1. The maximum absolute atomic E-state index is 13.6. The molecule has 2 amide bonds. The zero-order valence-corrected chi connectivity index (χ0v) is 19.3. The number of carbonyl (C=O) groups excluding carboxylic acids is 2. The van der Waals surface area contributed by atoms with Crippen molar-refractivity contribution >= 4 is 39.1 Å². The Hall–Kier alpha value is -3.73. The highest BCUT2D eigenvalue weighted by Gasteiger charge is 2.35. The van der Waals surface area contributed by atoms with Crippen molar-refractivity contribution in [1.29, 1.82) is 0 Å². The standard InChI is InChI=1S/C23H20F3N5O2S/c1-4-31-12(3)16(11(2)30-31)21(33)29-18-17-14(13-8-6-5-7-9-13)10-15(23(24,25)26)28-22(17)34-19(18)20(27)32/h5-10H,4H2,1-3H3,(H2,27,32)(H,29,33). The van der Waals surface area contributed by atoms with E-state index in [2.05, 4.69) is 15.4 Å². The summed E-state index contributed by atoms with van der Waals surface area (Å²) in [5.74, 6) is -1.43. The monoisotopic (exact) mass is 487 g/mol. The second-order valence-electron chi connectivity index (χ2n) is 7.59. The smallest absolute Gasteiger partial charge is 0.365 e. The average Bonchev–Trinajstić information content (AvgIpc) is 3.29. The highest BCUT2D eigenvalue weighted by atomic mass is 32.1. The Bertz CT molecular complexity index is 1420. The second-order valence-corrected chi connectivity index (χ2v) is 8.58. The summed E-state index contributed by atoms with van der Waals surface area (Å²) in [6.07, 6.45) is -4.71. The normalized spacial score (nSPS) is 11.7. The molecule has 0 bridgehead atoms. The number of amides is 2. The number of halogens is 3. The van der Waals surface area contributed by atoms with Crippen LogP contribution in [0.3, 0.4) is 0 Å². The summed E-state index contributed by atoms with van der Waals surface area (Å²) in [5, 5.41) is 7.26. The Balaban J connectivity index is 1.98. The molecule has 176 valence electrons. The number of primary amides is 1. The molecule has 7 nitrogen and oxygen atoms in total. The molecule has 11 heteroatoms. The van der Waals surface area contributed by atoms with Crippen LogP contribution in [-0.4, -0.2) is 26.6 Å². The van der Waals surface area contributed by atoms with Crippen LogP contribution >= 0.6 is 11.3 Å². The van der Waals surface area contributed by atoms with Gasteiger partial charge in [0.2, 0.25) is 0 Å². The van der Waals surface area contributed by atoms with Crippen LogP contribution in [0.4, 0.5) is 18.9 Å². The number of nitrogens with zero attached hydrogens (tertiary/aromatic N) is 3. The van der Waals surface area contributed by atoms with Crippen molar-refractivity contribution in [2.75, 3.05) is 5.32 Å². The molecular formula is C23H20F3N5O2S. The third kappa shape index (κ3) is 4.03. The van der Waals surface area contributed by atoms with Crippen molar-refractivity contribution in [2.24, 2.45) is 5.73 Å². The SMILES string of the molecule is CCn1nc(C)c(C(=O)Nc2c(C(N)=O)sc3nc(C(F)(F)F)cc(-c4ccccc4)c23)c1C. The number of thiophene rings is 1. The average molecular weight is 488 g/mol. The molecule has 0 aliphatic carbocycles. The van der Waals surface area contributed by atoms with Crippen LogP contribution in [0.5, 0.6) is 0 Å². The first-order chi connectivity index (χ1) is 16.0. The fourth-order valence-electron chi connectivity index (χ4n) is 3.89. The number of fused-ring (bicyclic) bond motifs is 1. The van der Waals surface area contributed by atoms with E-state index >= 15 is 0 Å². The number of hydrogen-bond acceptors (Lipinski definition) is 5. The van der Waals surface area contributed by atoms with E-state index in [0.29, 0.717) is 40.4 Å². The van der Waals surface area contributed by atoms with E-state index in [9.17, 15) is 22.8 Å². The maximum Gasteiger partial charge on any atom is 0.433 e. The van der Waals surface area contributed by atoms with Crippen molar-refractivity contribution in [3.8, 4) is 11.1 Å². The van der Waals surface area contributed by atoms with Crippen LogP contribution in [-0.2, 0) is 12.7 Å². The summed E-state index contributed by atoms with van der Waals surface area (Å²) in [4.78, 5) is 29.1. The number of benzene rings is 1. The minimum atomic E-state index is -4.71. The lowest BCUT2D eigenvalue weighted by Gasteiger charge is -2.12. The van der Waals surface area contributed by atoms with E-state index in [0.717, 1.165) is 6.07 Å². The number of alkyl halides is 3. The van der Waals surface area contributed by atoms with Crippen molar-refractivity contribution in [3.63, 3.8) is 0 Å². The van der Waals surface area contributed by atoms with Gasteiger partial charge in [-0.1, -0.05) is 30.3 Å².